The van der Waals surface area contributed by atoms with Gasteiger partial charge in [0.1, 0.15) is 17.3 Å². The number of carbonyl (C=O) groups is 1. The Morgan fingerprint density at radius 2 is 1.95 bits per heavy atom. The molecule has 0 N–H and O–H groups in total. The molecule has 0 aliphatic carbocycles. The number of methoxy groups -OCH3 is 2. The van der Waals surface area contributed by atoms with Crippen molar-refractivity contribution < 1.29 is 18.7 Å². The number of rotatable bonds is 4. The van der Waals surface area contributed by atoms with E-state index >= 15 is 0 Å². The van der Waals surface area contributed by atoms with Crippen LogP contribution >= 0.6 is 0 Å². The molecule has 0 saturated heterocycles. The number of carbonyl (C=O) groups excluding carboxylic acids is 1. The molecule has 0 bridgehead atoms. The molecule has 1 aromatic carbocycles. The van der Waals surface area contributed by atoms with Gasteiger partial charge in [-0.3, -0.25) is 9.78 Å². The van der Waals surface area contributed by atoms with Crippen LogP contribution in [-0.2, 0) is 0 Å². The van der Waals surface area contributed by atoms with Crippen LogP contribution in [0, 0.1) is 5.82 Å². The molecule has 4 nitrogen and oxygen atoms in total. The highest BCUT2D eigenvalue weighted by Crippen LogP contribution is 2.26. The lowest BCUT2D eigenvalue weighted by Crippen LogP contribution is -2.05. The fraction of sp³-hybridized carbons (Fsp3) is 0.143. The van der Waals surface area contributed by atoms with Gasteiger partial charge in [-0.1, -0.05) is 0 Å². The van der Waals surface area contributed by atoms with Crippen molar-refractivity contribution in [3.8, 4) is 11.5 Å². The van der Waals surface area contributed by atoms with E-state index in [2.05, 4.69) is 4.98 Å². The van der Waals surface area contributed by atoms with E-state index in [1.165, 1.54) is 20.4 Å². The third-order valence-corrected chi connectivity index (χ3v) is 2.62. The van der Waals surface area contributed by atoms with Gasteiger partial charge in [-0.25, -0.2) is 4.39 Å². The molecule has 19 heavy (non-hydrogen) atoms. The van der Waals surface area contributed by atoms with Crippen molar-refractivity contribution in [3.05, 3.63) is 53.6 Å². The molecule has 0 radical (unpaired) electrons. The standard InChI is InChI=1S/C14H12FNO3/c1-18-11-3-4-13(19-2)12(6-11)14(17)9-5-10(15)8-16-7-9/h3-8H,1-2H3. The number of nitrogens with zero attached hydrogens (tertiary/aromatic N) is 1. The predicted molar refractivity (Wildman–Crippen MR) is 67.2 cm³/mol. The molecule has 0 amide bonds. The van der Waals surface area contributed by atoms with Gasteiger partial charge < -0.3 is 9.47 Å². The topological polar surface area (TPSA) is 48.4 Å². The Labute approximate surface area is 109 Å². The minimum Gasteiger partial charge on any atom is -0.497 e. The minimum atomic E-state index is -0.562. The number of pyridine rings is 1. The number of hydrogen-bond donors (Lipinski definition) is 0. The van der Waals surface area contributed by atoms with Gasteiger partial charge in [-0.05, 0) is 24.3 Å². The normalized spacial score (nSPS) is 10.1. The van der Waals surface area contributed by atoms with Crippen LogP contribution in [0.1, 0.15) is 15.9 Å². The molecule has 98 valence electrons. The highest BCUT2D eigenvalue weighted by Gasteiger charge is 2.16. The lowest BCUT2D eigenvalue weighted by Gasteiger charge is -2.09. The zero-order valence-electron chi connectivity index (χ0n) is 10.5. The lowest BCUT2D eigenvalue weighted by molar-refractivity contribution is 0.103. The number of halogens is 1. The molecule has 0 aliphatic heterocycles. The third kappa shape index (κ3) is 2.70. The fourth-order valence-corrected chi connectivity index (χ4v) is 1.68. The Morgan fingerprint density at radius 1 is 1.16 bits per heavy atom. The van der Waals surface area contributed by atoms with Crippen LogP contribution in [0.2, 0.25) is 0 Å². The van der Waals surface area contributed by atoms with E-state index in [9.17, 15) is 9.18 Å². The van der Waals surface area contributed by atoms with Gasteiger partial charge in [0, 0.05) is 11.8 Å². The summed E-state index contributed by atoms with van der Waals surface area (Å²) in [6.45, 7) is 0. The van der Waals surface area contributed by atoms with E-state index in [-0.39, 0.29) is 11.3 Å². The number of aromatic nitrogens is 1. The second-order valence-corrected chi connectivity index (χ2v) is 3.79. The summed E-state index contributed by atoms with van der Waals surface area (Å²) in [6, 6.07) is 5.98. The summed E-state index contributed by atoms with van der Waals surface area (Å²) < 4.78 is 23.3. The van der Waals surface area contributed by atoms with Gasteiger partial charge in [0.2, 0.25) is 0 Å². The van der Waals surface area contributed by atoms with Crippen LogP contribution in [0.3, 0.4) is 0 Å². The Morgan fingerprint density at radius 3 is 2.58 bits per heavy atom. The van der Waals surface area contributed by atoms with Gasteiger partial charge in [0.05, 0.1) is 26.0 Å². The highest BCUT2D eigenvalue weighted by molar-refractivity contribution is 6.10. The quantitative estimate of drug-likeness (QED) is 0.793. The van der Waals surface area contributed by atoms with Gasteiger partial charge in [-0.15, -0.1) is 0 Å². The van der Waals surface area contributed by atoms with E-state index in [0.717, 1.165) is 12.3 Å². The second kappa shape index (κ2) is 5.48. The van der Waals surface area contributed by atoms with Crippen molar-refractivity contribution >= 4 is 5.78 Å². The summed E-state index contributed by atoms with van der Waals surface area (Å²) in [5.74, 6) is -0.0148. The van der Waals surface area contributed by atoms with Crippen LogP contribution in [0.4, 0.5) is 4.39 Å². The van der Waals surface area contributed by atoms with Gasteiger partial charge in [0.25, 0.3) is 0 Å². The molecule has 0 atom stereocenters. The molecule has 0 saturated carbocycles. The van der Waals surface area contributed by atoms with Crippen molar-refractivity contribution in [2.24, 2.45) is 0 Å². The van der Waals surface area contributed by atoms with Gasteiger partial charge in [0.15, 0.2) is 5.78 Å². The molecule has 0 aliphatic rings. The zero-order valence-corrected chi connectivity index (χ0v) is 10.5. The van der Waals surface area contributed by atoms with E-state index in [0.29, 0.717) is 17.1 Å². The molecule has 0 spiro atoms. The van der Waals surface area contributed by atoms with Crippen molar-refractivity contribution in [2.45, 2.75) is 0 Å². The van der Waals surface area contributed by atoms with E-state index in [4.69, 9.17) is 9.47 Å². The second-order valence-electron chi connectivity index (χ2n) is 3.79. The van der Waals surface area contributed by atoms with E-state index in [1.54, 1.807) is 18.2 Å². The maximum absolute atomic E-state index is 13.1. The molecular weight excluding hydrogens is 249 g/mol. The molecule has 0 unspecified atom stereocenters. The number of ketones is 1. The van der Waals surface area contributed by atoms with Gasteiger partial charge >= 0.3 is 0 Å². The third-order valence-electron chi connectivity index (χ3n) is 2.62. The lowest BCUT2D eigenvalue weighted by atomic mass is 10.0. The summed E-state index contributed by atoms with van der Waals surface area (Å²) >= 11 is 0. The van der Waals surface area contributed by atoms with E-state index < -0.39 is 5.82 Å². The molecule has 2 rings (SSSR count). The molecule has 0 fully saturated rings. The molecule has 2 aromatic rings. The van der Waals surface area contributed by atoms with Crippen LogP contribution in [-0.4, -0.2) is 25.0 Å². The smallest absolute Gasteiger partial charge is 0.198 e. The number of hydrogen-bond acceptors (Lipinski definition) is 4. The summed E-state index contributed by atoms with van der Waals surface area (Å²) in [7, 11) is 2.96. The molecular formula is C14H12FNO3. The van der Waals surface area contributed by atoms with Crippen molar-refractivity contribution in [1.29, 1.82) is 0 Å². The monoisotopic (exact) mass is 261 g/mol. The number of ether oxygens (including phenoxy) is 2. The largest absolute Gasteiger partial charge is 0.497 e. The Bertz CT molecular complexity index is 613. The minimum absolute atomic E-state index is 0.159. The maximum atomic E-state index is 13.1. The Balaban J connectivity index is 2.48. The Kier molecular flexibility index (Phi) is 3.75. The Hall–Kier alpha value is -2.43. The molecule has 5 heteroatoms. The van der Waals surface area contributed by atoms with E-state index in [1.807, 2.05) is 0 Å². The first-order valence-electron chi connectivity index (χ1n) is 5.53. The van der Waals surface area contributed by atoms with Crippen molar-refractivity contribution in [1.82, 2.24) is 4.98 Å². The predicted octanol–water partition coefficient (Wildman–Crippen LogP) is 2.47. The number of benzene rings is 1. The average molecular weight is 261 g/mol. The van der Waals surface area contributed by atoms with Crippen LogP contribution in [0.15, 0.2) is 36.7 Å². The first-order valence-corrected chi connectivity index (χ1v) is 5.53. The first kappa shape index (κ1) is 13.0. The van der Waals surface area contributed by atoms with Crippen LogP contribution in [0.5, 0.6) is 11.5 Å². The summed E-state index contributed by atoms with van der Waals surface area (Å²) in [5.41, 5.74) is 0.459. The fourth-order valence-electron chi connectivity index (χ4n) is 1.68. The summed E-state index contributed by atoms with van der Waals surface area (Å²) in [5, 5.41) is 0. The summed E-state index contributed by atoms with van der Waals surface area (Å²) in [4.78, 5) is 16.0. The van der Waals surface area contributed by atoms with Gasteiger partial charge in [-0.2, -0.15) is 0 Å². The van der Waals surface area contributed by atoms with Crippen molar-refractivity contribution in [3.63, 3.8) is 0 Å². The molecule has 1 aromatic heterocycles. The first-order chi connectivity index (χ1) is 9.15. The highest BCUT2D eigenvalue weighted by atomic mass is 19.1. The molecule has 1 heterocycles. The van der Waals surface area contributed by atoms with Crippen LogP contribution < -0.4 is 9.47 Å². The summed E-state index contributed by atoms with van der Waals surface area (Å²) in [6.07, 6.45) is 2.35. The maximum Gasteiger partial charge on any atom is 0.198 e. The van der Waals surface area contributed by atoms with Crippen molar-refractivity contribution in [2.75, 3.05) is 14.2 Å². The zero-order chi connectivity index (χ0) is 13.8. The van der Waals surface area contributed by atoms with Crippen LogP contribution in [0.25, 0.3) is 0 Å². The SMILES string of the molecule is COc1ccc(OC)c(C(=O)c2cncc(F)c2)c1. The average Bonchev–Trinajstić information content (AvgIpc) is 2.45.